The van der Waals surface area contributed by atoms with Crippen LogP contribution in [0.3, 0.4) is 0 Å². The fourth-order valence-corrected chi connectivity index (χ4v) is 5.12. The molecule has 1 N–H and O–H groups in total. The van der Waals surface area contributed by atoms with Gasteiger partial charge in [-0.3, -0.25) is 14.5 Å². The lowest BCUT2D eigenvalue weighted by Crippen LogP contribution is -2.56. The smallest absolute Gasteiger partial charge is 0.325 e. The number of hydrogen-bond donors (Lipinski definition) is 1. The molecule has 2 saturated heterocycles. The number of hydrogen-bond acceptors (Lipinski definition) is 5. The highest BCUT2D eigenvalue weighted by Gasteiger charge is 2.54. The Morgan fingerprint density at radius 1 is 1.09 bits per heavy atom. The second-order valence-corrected chi connectivity index (χ2v) is 9.02. The van der Waals surface area contributed by atoms with Crippen molar-refractivity contribution in [2.45, 2.75) is 38.3 Å². The maximum atomic E-state index is 13.6. The Morgan fingerprint density at radius 3 is 2.57 bits per heavy atom. The number of fused-ring (bicyclic) bond motifs is 1. The minimum Gasteiger partial charge on any atom is -0.454 e. The van der Waals surface area contributed by atoms with Crippen molar-refractivity contribution in [3.8, 4) is 23.3 Å². The van der Waals surface area contributed by atoms with Gasteiger partial charge in [-0.1, -0.05) is 37.1 Å². The summed E-state index contributed by atoms with van der Waals surface area (Å²) in [4.78, 5) is 42.0. The Kier molecular flexibility index (Phi) is 6.08. The fourth-order valence-electron chi connectivity index (χ4n) is 5.12. The van der Waals surface area contributed by atoms with E-state index in [9.17, 15) is 14.4 Å². The van der Waals surface area contributed by atoms with Crippen molar-refractivity contribution >= 4 is 17.8 Å². The molecule has 5 rings (SSSR count). The van der Waals surface area contributed by atoms with Gasteiger partial charge in [0.05, 0.1) is 6.54 Å². The normalized spacial score (nSPS) is 21.5. The topological polar surface area (TPSA) is 88.2 Å². The third-order valence-corrected chi connectivity index (χ3v) is 7.10. The molecular formula is C27H27N3O5. The van der Waals surface area contributed by atoms with E-state index in [1.807, 2.05) is 43.3 Å². The first-order valence-electron chi connectivity index (χ1n) is 11.9. The van der Waals surface area contributed by atoms with Crippen LogP contribution in [-0.4, -0.2) is 53.1 Å². The van der Waals surface area contributed by atoms with Crippen LogP contribution in [0.4, 0.5) is 4.79 Å². The zero-order chi connectivity index (χ0) is 24.4. The standard InChI is InChI=1S/C27H27N3O5/c1-2-27(21-12-14-29(15-13-21)24(31)11-9-19-6-4-3-5-7-19)25(32)30(26(33)28-27)17-20-8-10-22-23(16-20)35-18-34-22/h3-8,10,16,21H,2,12-15,17-18H2,1H3,(H,28,33). The van der Waals surface area contributed by atoms with Gasteiger partial charge in [0.25, 0.3) is 11.8 Å². The van der Waals surface area contributed by atoms with E-state index in [4.69, 9.17) is 9.47 Å². The molecule has 4 amide bonds. The Hall–Kier alpha value is -3.99. The van der Waals surface area contributed by atoms with Crippen LogP contribution >= 0.6 is 0 Å². The summed E-state index contributed by atoms with van der Waals surface area (Å²) in [5, 5.41) is 3.00. The van der Waals surface area contributed by atoms with E-state index >= 15 is 0 Å². The van der Waals surface area contributed by atoms with Gasteiger partial charge in [-0.2, -0.15) is 0 Å². The average Bonchev–Trinajstić information content (AvgIpc) is 3.46. The molecule has 2 fully saturated rings. The minimum absolute atomic E-state index is 0.0585. The highest BCUT2D eigenvalue weighted by molar-refractivity contribution is 6.07. The number of carbonyl (C=O) groups excluding carboxylic acids is 3. The zero-order valence-electron chi connectivity index (χ0n) is 19.6. The number of nitrogens with zero attached hydrogens (tertiary/aromatic N) is 2. The molecule has 0 aromatic heterocycles. The first kappa shape index (κ1) is 22.8. The number of nitrogens with one attached hydrogen (secondary N) is 1. The highest BCUT2D eigenvalue weighted by Crippen LogP contribution is 2.38. The van der Waals surface area contributed by atoms with E-state index in [2.05, 4.69) is 17.2 Å². The molecule has 2 aromatic rings. The van der Waals surface area contributed by atoms with Crippen molar-refractivity contribution in [3.05, 3.63) is 59.7 Å². The number of amides is 4. The number of likely N-dealkylation sites (tertiary alicyclic amines) is 1. The molecule has 0 bridgehead atoms. The predicted molar refractivity (Wildman–Crippen MR) is 127 cm³/mol. The molecule has 0 spiro atoms. The summed E-state index contributed by atoms with van der Waals surface area (Å²) in [7, 11) is 0. The molecule has 3 heterocycles. The molecule has 0 saturated carbocycles. The molecule has 3 aliphatic heterocycles. The lowest BCUT2D eigenvalue weighted by molar-refractivity contribution is -0.135. The van der Waals surface area contributed by atoms with E-state index in [-0.39, 0.29) is 37.1 Å². The van der Waals surface area contributed by atoms with Gasteiger partial charge < -0.3 is 19.7 Å². The summed E-state index contributed by atoms with van der Waals surface area (Å²) in [6, 6.07) is 14.4. The first-order valence-corrected chi connectivity index (χ1v) is 11.9. The third kappa shape index (κ3) is 4.30. The summed E-state index contributed by atoms with van der Waals surface area (Å²) in [5.74, 6) is 6.41. The number of imide groups is 1. The largest absolute Gasteiger partial charge is 0.454 e. The van der Waals surface area contributed by atoms with Gasteiger partial charge >= 0.3 is 6.03 Å². The summed E-state index contributed by atoms with van der Waals surface area (Å²) in [5.41, 5.74) is 0.628. The van der Waals surface area contributed by atoms with Crippen molar-refractivity contribution in [2.75, 3.05) is 19.9 Å². The number of ether oxygens (including phenoxy) is 2. The molecule has 2 aromatic carbocycles. The Bertz CT molecular complexity index is 1210. The maximum Gasteiger partial charge on any atom is 0.325 e. The lowest BCUT2D eigenvalue weighted by atomic mass is 9.75. The van der Waals surface area contributed by atoms with Gasteiger partial charge in [0.2, 0.25) is 6.79 Å². The van der Waals surface area contributed by atoms with Crippen LogP contribution in [0.1, 0.15) is 37.3 Å². The Labute approximate surface area is 204 Å². The van der Waals surface area contributed by atoms with Crippen molar-refractivity contribution < 1.29 is 23.9 Å². The van der Waals surface area contributed by atoms with Gasteiger partial charge in [-0.15, -0.1) is 0 Å². The molecule has 1 atom stereocenters. The predicted octanol–water partition coefficient (Wildman–Crippen LogP) is 2.91. The second kappa shape index (κ2) is 9.34. The van der Waals surface area contributed by atoms with Crippen molar-refractivity contribution in [1.29, 1.82) is 0 Å². The molecule has 180 valence electrons. The fraction of sp³-hybridized carbons (Fsp3) is 0.370. The van der Waals surface area contributed by atoms with Crippen LogP contribution in [0.15, 0.2) is 48.5 Å². The van der Waals surface area contributed by atoms with Gasteiger partial charge in [0.1, 0.15) is 5.54 Å². The van der Waals surface area contributed by atoms with Crippen LogP contribution in [0.25, 0.3) is 0 Å². The molecule has 3 aliphatic rings. The second-order valence-electron chi connectivity index (χ2n) is 9.02. The van der Waals surface area contributed by atoms with Crippen molar-refractivity contribution in [1.82, 2.24) is 15.1 Å². The van der Waals surface area contributed by atoms with Crippen LogP contribution < -0.4 is 14.8 Å². The van der Waals surface area contributed by atoms with Gasteiger partial charge in [0.15, 0.2) is 11.5 Å². The van der Waals surface area contributed by atoms with Crippen LogP contribution in [-0.2, 0) is 16.1 Å². The molecule has 35 heavy (non-hydrogen) atoms. The first-order chi connectivity index (χ1) is 17.0. The maximum absolute atomic E-state index is 13.6. The summed E-state index contributed by atoms with van der Waals surface area (Å²) >= 11 is 0. The summed E-state index contributed by atoms with van der Waals surface area (Å²) in [6.07, 6.45) is 1.73. The highest BCUT2D eigenvalue weighted by atomic mass is 16.7. The number of piperidine rings is 1. The van der Waals surface area contributed by atoms with Crippen molar-refractivity contribution in [3.63, 3.8) is 0 Å². The SMILES string of the molecule is CCC1(C2CCN(C(=O)C#Cc3ccccc3)CC2)NC(=O)N(Cc2ccc3c(c2)OCO3)C1=O. The van der Waals surface area contributed by atoms with E-state index in [1.165, 1.54) is 4.90 Å². The van der Waals surface area contributed by atoms with Crippen LogP contribution in [0.2, 0.25) is 0 Å². The summed E-state index contributed by atoms with van der Waals surface area (Å²) < 4.78 is 10.8. The number of rotatable bonds is 4. The molecule has 1 unspecified atom stereocenters. The van der Waals surface area contributed by atoms with E-state index in [0.29, 0.717) is 43.9 Å². The molecule has 8 heteroatoms. The van der Waals surface area contributed by atoms with Gasteiger partial charge in [0, 0.05) is 24.6 Å². The molecule has 0 aliphatic carbocycles. The van der Waals surface area contributed by atoms with E-state index < -0.39 is 5.54 Å². The molecule has 8 nitrogen and oxygen atoms in total. The van der Waals surface area contributed by atoms with Gasteiger partial charge in [-0.05, 0) is 55.0 Å². The van der Waals surface area contributed by atoms with E-state index in [0.717, 1.165) is 11.1 Å². The quantitative estimate of drug-likeness (QED) is 0.545. The molecule has 0 radical (unpaired) electrons. The number of urea groups is 1. The van der Waals surface area contributed by atoms with Crippen LogP contribution in [0.5, 0.6) is 11.5 Å². The number of carbonyl (C=O) groups is 3. The summed E-state index contributed by atoms with van der Waals surface area (Å²) in [6.45, 7) is 3.25. The van der Waals surface area contributed by atoms with Crippen LogP contribution in [0, 0.1) is 17.8 Å². The molecular weight excluding hydrogens is 446 g/mol. The average molecular weight is 474 g/mol. The number of benzene rings is 2. The Balaban J connectivity index is 1.24. The minimum atomic E-state index is -0.960. The van der Waals surface area contributed by atoms with E-state index in [1.54, 1.807) is 17.0 Å². The Morgan fingerprint density at radius 2 is 1.83 bits per heavy atom. The lowest BCUT2D eigenvalue weighted by Gasteiger charge is -2.40. The zero-order valence-corrected chi connectivity index (χ0v) is 19.6. The van der Waals surface area contributed by atoms with Gasteiger partial charge in [-0.25, -0.2) is 4.79 Å². The van der Waals surface area contributed by atoms with Crippen molar-refractivity contribution in [2.24, 2.45) is 5.92 Å². The third-order valence-electron chi connectivity index (χ3n) is 7.10. The monoisotopic (exact) mass is 473 g/mol.